The molecule has 1 aromatic carbocycles. The molecule has 0 bridgehead atoms. The van der Waals surface area contributed by atoms with Crippen LogP contribution < -0.4 is 10.5 Å². The Bertz CT molecular complexity index is 543. The Morgan fingerprint density at radius 2 is 2.05 bits per heavy atom. The van der Waals surface area contributed by atoms with Gasteiger partial charge in [0.2, 0.25) is 10.0 Å². The Kier molecular flexibility index (Phi) is 5.14. The van der Waals surface area contributed by atoms with E-state index in [-0.39, 0.29) is 17.5 Å². The molecule has 0 spiro atoms. The van der Waals surface area contributed by atoms with Gasteiger partial charge >= 0.3 is 0 Å². The third-order valence-electron chi connectivity index (χ3n) is 3.09. The first kappa shape index (κ1) is 15.1. The average molecular weight is 321 g/mol. The molecule has 1 heterocycles. The lowest BCUT2D eigenvalue weighted by Gasteiger charge is -2.22. The van der Waals surface area contributed by atoms with Crippen molar-refractivity contribution in [1.29, 1.82) is 0 Å². The second-order valence-corrected chi connectivity index (χ2v) is 7.81. The average Bonchev–Trinajstić information content (AvgIpc) is 2.39. The van der Waals surface area contributed by atoms with Crippen LogP contribution in [0.1, 0.15) is 18.4 Å². The van der Waals surface area contributed by atoms with Crippen LogP contribution in [-0.4, -0.2) is 26.0 Å². The zero-order chi connectivity index (χ0) is 13.9. The molecule has 0 radical (unpaired) electrons. The minimum atomic E-state index is -3.48. The molecule has 7 heteroatoms. The molecule has 4 nitrogen and oxygen atoms in total. The largest absolute Gasteiger partial charge is 0.326 e. The molecule has 106 valence electrons. The Morgan fingerprint density at radius 3 is 2.68 bits per heavy atom. The molecule has 0 aliphatic carbocycles. The molecule has 0 aromatic heterocycles. The SMILES string of the molecule is NCc1cc(S(=O)(=O)NC2CCSCC2)ccc1Cl. The van der Waals surface area contributed by atoms with E-state index in [4.69, 9.17) is 17.3 Å². The van der Waals surface area contributed by atoms with E-state index in [0.29, 0.717) is 10.6 Å². The molecule has 19 heavy (non-hydrogen) atoms. The molecule has 1 aliphatic rings. The summed E-state index contributed by atoms with van der Waals surface area (Å²) in [7, 11) is -3.48. The van der Waals surface area contributed by atoms with Gasteiger partial charge in [-0.05, 0) is 48.1 Å². The summed E-state index contributed by atoms with van der Waals surface area (Å²) in [5.41, 5.74) is 6.19. The van der Waals surface area contributed by atoms with Crippen molar-refractivity contribution in [3.05, 3.63) is 28.8 Å². The van der Waals surface area contributed by atoms with Crippen LogP contribution in [0.25, 0.3) is 0 Å². The van der Waals surface area contributed by atoms with Crippen molar-refractivity contribution in [1.82, 2.24) is 4.72 Å². The van der Waals surface area contributed by atoms with Gasteiger partial charge < -0.3 is 5.73 Å². The maximum Gasteiger partial charge on any atom is 0.240 e. The lowest BCUT2D eigenvalue weighted by Crippen LogP contribution is -2.37. The van der Waals surface area contributed by atoms with E-state index in [9.17, 15) is 8.42 Å². The monoisotopic (exact) mass is 320 g/mol. The molecule has 0 saturated carbocycles. The standard InChI is InChI=1S/C12H17ClN2O2S2/c13-12-2-1-11(7-9(12)8-14)19(16,17)15-10-3-5-18-6-4-10/h1-2,7,10,15H,3-6,8,14H2. The fraction of sp³-hybridized carbons (Fsp3) is 0.500. The van der Waals surface area contributed by atoms with Gasteiger partial charge in [-0.15, -0.1) is 0 Å². The second-order valence-electron chi connectivity index (χ2n) is 4.47. The van der Waals surface area contributed by atoms with Crippen LogP contribution in [-0.2, 0) is 16.6 Å². The number of nitrogens with one attached hydrogen (secondary N) is 1. The van der Waals surface area contributed by atoms with E-state index in [0.717, 1.165) is 24.3 Å². The first-order valence-electron chi connectivity index (χ1n) is 6.11. The van der Waals surface area contributed by atoms with Crippen molar-refractivity contribution in [2.45, 2.75) is 30.3 Å². The number of benzene rings is 1. The van der Waals surface area contributed by atoms with E-state index >= 15 is 0 Å². The summed E-state index contributed by atoms with van der Waals surface area (Å²) in [4.78, 5) is 0.232. The first-order valence-corrected chi connectivity index (χ1v) is 9.13. The summed E-state index contributed by atoms with van der Waals surface area (Å²) in [5.74, 6) is 2.00. The van der Waals surface area contributed by atoms with Gasteiger partial charge in [0, 0.05) is 17.6 Å². The van der Waals surface area contributed by atoms with Crippen molar-refractivity contribution in [3.63, 3.8) is 0 Å². The maximum atomic E-state index is 12.3. The number of halogens is 1. The Labute approximate surface area is 123 Å². The molecule has 0 atom stereocenters. The summed E-state index contributed by atoms with van der Waals surface area (Å²) in [5, 5.41) is 0.496. The molecular weight excluding hydrogens is 304 g/mol. The summed E-state index contributed by atoms with van der Waals surface area (Å²) in [6.07, 6.45) is 1.75. The van der Waals surface area contributed by atoms with Crippen LogP contribution in [0.3, 0.4) is 0 Å². The van der Waals surface area contributed by atoms with E-state index in [1.165, 1.54) is 6.07 Å². The lowest BCUT2D eigenvalue weighted by atomic mass is 10.2. The molecule has 1 aromatic rings. The zero-order valence-electron chi connectivity index (χ0n) is 10.4. The number of sulfonamides is 1. The number of nitrogens with two attached hydrogens (primary N) is 1. The van der Waals surface area contributed by atoms with Crippen LogP contribution in [0.2, 0.25) is 5.02 Å². The number of hydrogen-bond donors (Lipinski definition) is 2. The van der Waals surface area contributed by atoms with Crippen LogP contribution in [0.15, 0.2) is 23.1 Å². The van der Waals surface area contributed by atoms with Gasteiger partial charge in [-0.25, -0.2) is 13.1 Å². The molecule has 1 fully saturated rings. The Balaban J connectivity index is 2.18. The predicted molar refractivity (Wildman–Crippen MR) is 80.0 cm³/mol. The fourth-order valence-electron chi connectivity index (χ4n) is 1.98. The molecular formula is C12H17ClN2O2S2. The van der Waals surface area contributed by atoms with Crippen LogP contribution in [0, 0.1) is 0 Å². The number of rotatable bonds is 4. The highest BCUT2D eigenvalue weighted by atomic mass is 35.5. The lowest BCUT2D eigenvalue weighted by molar-refractivity contribution is 0.529. The summed E-state index contributed by atoms with van der Waals surface area (Å²) in [6, 6.07) is 4.67. The van der Waals surface area contributed by atoms with E-state index in [1.54, 1.807) is 12.1 Å². The number of hydrogen-bond acceptors (Lipinski definition) is 4. The smallest absolute Gasteiger partial charge is 0.240 e. The Hall–Kier alpha value is -0.270. The van der Waals surface area contributed by atoms with Crippen molar-refractivity contribution < 1.29 is 8.42 Å². The quantitative estimate of drug-likeness (QED) is 0.889. The highest BCUT2D eigenvalue weighted by Crippen LogP contribution is 2.22. The molecule has 0 unspecified atom stereocenters. The molecule has 3 N–H and O–H groups in total. The highest BCUT2D eigenvalue weighted by Gasteiger charge is 2.22. The van der Waals surface area contributed by atoms with Crippen molar-refractivity contribution in [2.24, 2.45) is 5.73 Å². The highest BCUT2D eigenvalue weighted by molar-refractivity contribution is 7.99. The van der Waals surface area contributed by atoms with Gasteiger partial charge in [0.15, 0.2) is 0 Å². The second kappa shape index (κ2) is 6.45. The van der Waals surface area contributed by atoms with Crippen LogP contribution in [0.5, 0.6) is 0 Å². The van der Waals surface area contributed by atoms with E-state index in [1.807, 2.05) is 11.8 Å². The third-order valence-corrected chi connectivity index (χ3v) is 6.03. The van der Waals surface area contributed by atoms with Gasteiger partial charge in [-0.1, -0.05) is 11.6 Å². The topological polar surface area (TPSA) is 72.2 Å². The summed E-state index contributed by atoms with van der Waals surface area (Å²) >= 11 is 7.80. The van der Waals surface area contributed by atoms with Gasteiger partial charge in [0.1, 0.15) is 0 Å². The first-order chi connectivity index (χ1) is 9.03. The normalized spacial score (nSPS) is 17.6. The molecule has 0 amide bonds. The van der Waals surface area contributed by atoms with E-state index < -0.39 is 10.0 Å². The van der Waals surface area contributed by atoms with E-state index in [2.05, 4.69) is 4.72 Å². The molecule has 1 saturated heterocycles. The fourth-order valence-corrected chi connectivity index (χ4v) is 4.63. The minimum absolute atomic E-state index is 0.0308. The molecule has 2 rings (SSSR count). The van der Waals surface area contributed by atoms with Crippen molar-refractivity contribution in [3.8, 4) is 0 Å². The van der Waals surface area contributed by atoms with Crippen LogP contribution >= 0.6 is 23.4 Å². The number of thioether (sulfide) groups is 1. The maximum absolute atomic E-state index is 12.3. The van der Waals surface area contributed by atoms with Crippen molar-refractivity contribution in [2.75, 3.05) is 11.5 Å². The Morgan fingerprint density at radius 1 is 1.37 bits per heavy atom. The third kappa shape index (κ3) is 3.86. The summed E-state index contributed by atoms with van der Waals surface area (Å²) in [6.45, 7) is 0.224. The van der Waals surface area contributed by atoms with Gasteiger partial charge in [0.25, 0.3) is 0 Å². The van der Waals surface area contributed by atoms with Gasteiger partial charge in [-0.3, -0.25) is 0 Å². The summed E-state index contributed by atoms with van der Waals surface area (Å²) < 4.78 is 27.3. The van der Waals surface area contributed by atoms with Crippen molar-refractivity contribution >= 4 is 33.4 Å². The predicted octanol–water partition coefficient (Wildman–Crippen LogP) is 1.97. The van der Waals surface area contributed by atoms with Gasteiger partial charge in [0.05, 0.1) is 4.90 Å². The van der Waals surface area contributed by atoms with Crippen LogP contribution in [0.4, 0.5) is 0 Å². The van der Waals surface area contributed by atoms with Gasteiger partial charge in [-0.2, -0.15) is 11.8 Å². The minimum Gasteiger partial charge on any atom is -0.326 e. The zero-order valence-corrected chi connectivity index (χ0v) is 12.8. The molecule has 1 aliphatic heterocycles.